The Morgan fingerprint density at radius 2 is 2.56 bits per heavy atom. The molecule has 4 heteroatoms. The lowest BCUT2D eigenvalue weighted by Gasteiger charge is -2.06. The molecule has 0 saturated carbocycles. The van der Waals surface area contributed by atoms with Crippen molar-refractivity contribution in [3.8, 4) is 0 Å². The zero-order valence-corrected chi connectivity index (χ0v) is 5.13. The summed E-state index contributed by atoms with van der Waals surface area (Å²) in [5.74, 6) is -0.847. The maximum atomic E-state index is 10.3. The normalized spacial score (nSPS) is 34.8. The van der Waals surface area contributed by atoms with E-state index in [0.29, 0.717) is 6.73 Å². The van der Waals surface area contributed by atoms with Gasteiger partial charge in [0.25, 0.3) is 0 Å². The Morgan fingerprint density at radius 1 is 1.89 bits per heavy atom. The summed E-state index contributed by atoms with van der Waals surface area (Å²) >= 11 is 0. The van der Waals surface area contributed by atoms with Gasteiger partial charge in [-0.25, -0.2) is 0 Å². The number of carboxylic acid groups (broad SMARTS) is 1. The van der Waals surface area contributed by atoms with Crippen LogP contribution < -0.4 is 5.32 Å². The van der Waals surface area contributed by atoms with Gasteiger partial charge in [0, 0.05) is 0 Å². The third kappa shape index (κ3) is 1.20. The minimum absolute atomic E-state index is 0.206. The first-order chi connectivity index (χ1) is 4.22. The second-order valence-corrected chi connectivity index (χ2v) is 2.04. The van der Waals surface area contributed by atoms with E-state index in [4.69, 9.17) is 9.84 Å². The van der Waals surface area contributed by atoms with E-state index < -0.39 is 12.0 Å². The van der Waals surface area contributed by atoms with Gasteiger partial charge in [0.2, 0.25) is 0 Å². The van der Waals surface area contributed by atoms with Crippen molar-refractivity contribution in [2.24, 2.45) is 0 Å². The number of ether oxygens (including phenoxy) is 1. The molecule has 0 radical (unpaired) electrons. The molecule has 1 heterocycles. The van der Waals surface area contributed by atoms with E-state index in [0.717, 1.165) is 0 Å². The number of rotatable bonds is 1. The van der Waals surface area contributed by atoms with Crippen molar-refractivity contribution in [3.05, 3.63) is 0 Å². The molecule has 0 spiro atoms. The molecule has 9 heavy (non-hydrogen) atoms. The monoisotopic (exact) mass is 131 g/mol. The largest absolute Gasteiger partial charge is 0.480 e. The maximum Gasteiger partial charge on any atom is 0.323 e. The molecule has 1 fully saturated rings. The Bertz CT molecular complexity index is 125. The van der Waals surface area contributed by atoms with E-state index in [2.05, 4.69) is 5.32 Å². The molecule has 0 aromatic rings. The van der Waals surface area contributed by atoms with Gasteiger partial charge in [0.15, 0.2) is 0 Å². The number of hydrogen-bond donors (Lipinski definition) is 2. The van der Waals surface area contributed by atoms with Gasteiger partial charge < -0.3 is 9.84 Å². The zero-order valence-electron chi connectivity index (χ0n) is 5.13. The van der Waals surface area contributed by atoms with Crippen LogP contribution >= 0.6 is 0 Å². The standard InChI is InChI=1S/C5H9NO3/c1-3-4(5(7)8)6-2-9-3/h3-4,6H,2H2,1H3,(H,7,8)/t3-,4?/m1/s1. The summed E-state index contributed by atoms with van der Waals surface area (Å²) < 4.78 is 4.93. The van der Waals surface area contributed by atoms with E-state index in [1.807, 2.05) is 0 Å². The van der Waals surface area contributed by atoms with Crippen LogP contribution in [0.1, 0.15) is 6.92 Å². The molecule has 0 amide bonds. The van der Waals surface area contributed by atoms with Crippen LogP contribution in [0.2, 0.25) is 0 Å². The number of hydrogen-bond acceptors (Lipinski definition) is 3. The van der Waals surface area contributed by atoms with Crippen molar-refractivity contribution < 1.29 is 14.6 Å². The molecule has 1 saturated heterocycles. The van der Waals surface area contributed by atoms with Gasteiger partial charge in [-0.1, -0.05) is 0 Å². The fourth-order valence-electron chi connectivity index (χ4n) is 0.820. The fourth-order valence-corrected chi connectivity index (χ4v) is 0.820. The molecule has 2 N–H and O–H groups in total. The zero-order chi connectivity index (χ0) is 6.85. The van der Waals surface area contributed by atoms with E-state index in [9.17, 15) is 4.79 Å². The highest BCUT2D eigenvalue weighted by Crippen LogP contribution is 2.04. The number of aliphatic carboxylic acids is 1. The first kappa shape index (κ1) is 6.51. The molecule has 2 atom stereocenters. The Balaban J connectivity index is 2.49. The molecule has 52 valence electrons. The van der Waals surface area contributed by atoms with Crippen LogP contribution in [0.15, 0.2) is 0 Å². The first-order valence-electron chi connectivity index (χ1n) is 2.79. The first-order valence-corrected chi connectivity index (χ1v) is 2.79. The summed E-state index contributed by atoms with van der Waals surface area (Å²) in [7, 11) is 0. The number of carbonyl (C=O) groups is 1. The van der Waals surface area contributed by atoms with Crippen LogP contribution in [0.3, 0.4) is 0 Å². The summed E-state index contributed by atoms with van der Waals surface area (Å²) in [5, 5.41) is 11.1. The maximum absolute atomic E-state index is 10.3. The van der Waals surface area contributed by atoms with Crippen molar-refractivity contribution >= 4 is 5.97 Å². The molecule has 1 rings (SSSR count). The molecule has 4 nitrogen and oxygen atoms in total. The number of carboxylic acids is 1. The van der Waals surface area contributed by atoms with Gasteiger partial charge in [-0.05, 0) is 6.92 Å². The minimum Gasteiger partial charge on any atom is -0.480 e. The van der Waals surface area contributed by atoms with E-state index in [1.165, 1.54) is 0 Å². The summed E-state index contributed by atoms with van der Waals surface area (Å²) in [5.41, 5.74) is 0. The summed E-state index contributed by atoms with van der Waals surface area (Å²) in [6.45, 7) is 2.08. The molecule has 0 aromatic carbocycles. The van der Waals surface area contributed by atoms with Gasteiger partial charge in [-0.2, -0.15) is 0 Å². The van der Waals surface area contributed by atoms with Crippen molar-refractivity contribution in [1.82, 2.24) is 5.32 Å². The van der Waals surface area contributed by atoms with Crippen LogP contribution in [0.5, 0.6) is 0 Å². The van der Waals surface area contributed by atoms with Crippen LogP contribution in [-0.2, 0) is 9.53 Å². The molecule has 1 aliphatic rings. The van der Waals surface area contributed by atoms with E-state index >= 15 is 0 Å². The average molecular weight is 131 g/mol. The van der Waals surface area contributed by atoms with Crippen molar-refractivity contribution in [3.63, 3.8) is 0 Å². The Labute approximate surface area is 52.8 Å². The third-order valence-electron chi connectivity index (χ3n) is 1.38. The van der Waals surface area contributed by atoms with Gasteiger partial charge in [-0.15, -0.1) is 0 Å². The quantitative estimate of drug-likeness (QED) is 0.499. The topological polar surface area (TPSA) is 58.6 Å². The molecular formula is C5H9NO3. The molecule has 1 unspecified atom stereocenters. The second kappa shape index (κ2) is 2.33. The molecule has 0 bridgehead atoms. The SMILES string of the molecule is C[C@H]1OCNC1C(=O)O. The minimum atomic E-state index is -0.847. The van der Waals surface area contributed by atoms with Crippen LogP contribution in [0.4, 0.5) is 0 Å². The van der Waals surface area contributed by atoms with Gasteiger partial charge >= 0.3 is 5.97 Å². The molecule has 1 aliphatic heterocycles. The van der Waals surface area contributed by atoms with E-state index in [-0.39, 0.29) is 6.10 Å². The molecular weight excluding hydrogens is 122 g/mol. The predicted molar refractivity (Wildman–Crippen MR) is 30.0 cm³/mol. The smallest absolute Gasteiger partial charge is 0.323 e. The lowest BCUT2D eigenvalue weighted by molar-refractivity contribution is -0.140. The average Bonchev–Trinajstić information content (AvgIpc) is 2.13. The summed E-state index contributed by atoms with van der Waals surface area (Å²) in [6.07, 6.45) is -0.206. The van der Waals surface area contributed by atoms with Crippen molar-refractivity contribution in [2.75, 3.05) is 6.73 Å². The Morgan fingerprint density at radius 3 is 2.78 bits per heavy atom. The lowest BCUT2D eigenvalue weighted by atomic mass is 10.2. The lowest BCUT2D eigenvalue weighted by Crippen LogP contribution is -2.36. The Kier molecular flexibility index (Phi) is 1.68. The summed E-state index contributed by atoms with van der Waals surface area (Å²) in [4.78, 5) is 10.3. The number of nitrogens with one attached hydrogen (secondary N) is 1. The van der Waals surface area contributed by atoms with Crippen molar-refractivity contribution in [1.29, 1.82) is 0 Å². The predicted octanol–water partition coefficient (Wildman–Crippen LogP) is -0.595. The summed E-state index contributed by atoms with van der Waals surface area (Å²) in [6, 6.07) is -0.523. The Hall–Kier alpha value is -0.610. The fraction of sp³-hybridized carbons (Fsp3) is 0.800. The highest BCUT2D eigenvalue weighted by atomic mass is 16.5. The molecule has 0 aliphatic carbocycles. The van der Waals surface area contributed by atoms with Crippen LogP contribution in [0.25, 0.3) is 0 Å². The highest BCUT2D eigenvalue weighted by Gasteiger charge is 2.29. The highest BCUT2D eigenvalue weighted by molar-refractivity contribution is 5.74. The van der Waals surface area contributed by atoms with Crippen LogP contribution in [0, 0.1) is 0 Å². The van der Waals surface area contributed by atoms with Crippen LogP contribution in [-0.4, -0.2) is 30.0 Å². The second-order valence-electron chi connectivity index (χ2n) is 2.04. The van der Waals surface area contributed by atoms with Gasteiger partial charge in [0.05, 0.1) is 12.8 Å². The van der Waals surface area contributed by atoms with Gasteiger partial charge in [0.1, 0.15) is 6.04 Å². The van der Waals surface area contributed by atoms with Crippen molar-refractivity contribution in [2.45, 2.75) is 19.1 Å². The third-order valence-corrected chi connectivity index (χ3v) is 1.38. The van der Waals surface area contributed by atoms with Gasteiger partial charge in [-0.3, -0.25) is 10.1 Å². The van der Waals surface area contributed by atoms with E-state index in [1.54, 1.807) is 6.92 Å². The molecule has 0 aromatic heterocycles.